The normalized spacial score (nSPS) is 22.3. The number of hydrogen-bond donors (Lipinski definition) is 3. The molecular weight excluding hydrogens is 588 g/mol. The highest BCUT2D eigenvalue weighted by Gasteiger charge is 2.44. The van der Waals surface area contributed by atoms with E-state index in [2.05, 4.69) is 15.6 Å². The summed E-state index contributed by atoms with van der Waals surface area (Å²) in [6.07, 6.45) is 7.59. The van der Waals surface area contributed by atoms with Crippen molar-refractivity contribution in [2.24, 2.45) is 11.3 Å². The fourth-order valence-corrected chi connectivity index (χ4v) is 6.76. The average molecular weight is 639 g/mol. The predicted octanol–water partition coefficient (Wildman–Crippen LogP) is 4.46. The number of alkyl carbamates (subject to hydrolysis) is 1. The summed E-state index contributed by atoms with van der Waals surface area (Å²) in [7, 11) is 1.32. The molecule has 4 atom stereocenters. The van der Waals surface area contributed by atoms with E-state index in [0.717, 1.165) is 80.3 Å². The highest BCUT2D eigenvalue weighted by Crippen LogP contribution is 2.39. The average Bonchev–Trinajstić information content (AvgIpc) is 3.56. The van der Waals surface area contributed by atoms with E-state index in [1.54, 1.807) is 0 Å². The van der Waals surface area contributed by atoms with Crippen molar-refractivity contribution in [1.82, 2.24) is 20.5 Å². The zero-order valence-corrected chi connectivity index (χ0v) is 27.7. The van der Waals surface area contributed by atoms with Crippen LogP contribution in [0.5, 0.6) is 5.75 Å². The number of H-pyrrole nitrogens is 1. The van der Waals surface area contributed by atoms with Gasteiger partial charge in [0.1, 0.15) is 30.0 Å². The summed E-state index contributed by atoms with van der Waals surface area (Å²) in [6.45, 7) is 7.93. The predicted molar refractivity (Wildman–Crippen MR) is 175 cm³/mol. The molecule has 46 heavy (non-hydrogen) atoms. The van der Waals surface area contributed by atoms with Crippen LogP contribution in [0.25, 0.3) is 10.9 Å². The lowest BCUT2D eigenvalue weighted by atomic mass is 9.85. The maximum Gasteiger partial charge on any atom is 0.408 e. The third kappa shape index (κ3) is 8.21. The van der Waals surface area contributed by atoms with Crippen LogP contribution in [0.15, 0.2) is 29.1 Å². The van der Waals surface area contributed by atoms with E-state index in [0.29, 0.717) is 31.7 Å². The number of ether oxygens (including phenoxy) is 3. The van der Waals surface area contributed by atoms with Gasteiger partial charge < -0.3 is 34.7 Å². The zero-order chi connectivity index (χ0) is 32.8. The second kappa shape index (κ2) is 14.9. The van der Waals surface area contributed by atoms with Crippen LogP contribution in [0.2, 0.25) is 0 Å². The Hall–Kier alpha value is -3.60. The smallest absolute Gasteiger partial charge is 0.408 e. The molecule has 3 heterocycles. The lowest BCUT2D eigenvalue weighted by molar-refractivity contribution is -0.152. The third-order valence-electron chi connectivity index (χ3n) is 9.54. The number of carbonyl (C=O) groups is 3. The van der Waals surface area contributed by atoms with Crippen molar-refractivity contribution in [3.8, 4) is 5.75 Å². The molecule has 11 nitrogen and oxygen atoms in total. The molecule has 2 amide bonds. The minimum atomic E-state index is -0.829. The Morgan fingerprint density at radius 3 is 2.57 bits per heavy atom. The van der Waals surface area contributed by atoms with E-state index in [1.165, 1.54) is 12.0 Å². The number of nitrogens with one attached hydrogen (secondary N) is 3. The molecule has 252 valence electrons. The number of nitrogens with zero attached hydrogens (tertiary/aromatic N) is 1. The number of para-hydroxylation sites is 1. The first-order valence-corrected chi connectivity index (χ1v) is 16.9. The number of amides is 2. The number of likely N-dealkylation sites (tertiary alicyclic amines) is 1. The molecule has 3 fully saturated rings. The van der Waals surface area contributed by atoms with Crippen LogP contribution >= 0.6 is 0 Å². The number of rotatable bonds is 12. The van der Waals surface area contributed by atoms with Gasteiger partial charge in [0.25, 0.3) is 5.56 Å². The Morgan fingerprint density at radius 2 is 1.83 bits per heavy atom. The van der Waals surface area contributed by atoms with E-state index < -0.39 is 29.6 Å². The maximum absolute atomic E-state index is 13.5. The summed E-state index contributed by atoms with van der Waals surface area (Å²) >= 11 is 0. The Balaban J connectivity index is 1.09. The SMILES string of the molecule is COC(=O)C1CCCN1C(=O)C(NC(=O)OC1CC1CCCCCc1c(OC2CCNCC2)c2ccccc2[nH]c1=O)C(C)(C)C. The Bertz CT molecular complexity index is 1440. The highest BCUT2D eigenvalue weighted by molar-refractivity contribution is 5.91. The number of carbonyl (C=O) groups excluding carboxylic acids is 3. The summed E-state index contributed by atoms with van der Waals surface area (Å²) in [4.78, 5) is 56.2. The molecule has 11 heteroatoms. The van der Waals surface area contributed by atoms with Crippen molar-refractivity contribution >= 4 is 28.9 Å². The van der Waals surface area contributed by atoms with E-state index in [4.69, 9.17) is 14.2 Å². The molecule has 1 aliphatic carbocycles. The Morgan fingerprint density at radius 1 is 1.07 bits per heavy atom. The van der Waals surface area contributed by atoms with Gasteiger partial charge >= 0.3 is 12.1 Å². The van der Waals surface area contributed by atoms with Crippen molar-refractivity contribution in [3.63, 3.8) is 0 Å². The molecule has 2 aromatic rings. The number of benzene rings is 1. The van der Waals surface area contributed by atoms with Gasteiger partial charge in [-0.05, 0) is 87.9 Å². The van der Waals surface area contributed by atoms with Gasteiger partial charge in [-0.2, -0.15) is 0 Å². The molecule has 4 unspecified atom stereocenters. The second-order valence-electron chi connectivity index (χ2n) is 14.1. The van der Waals surface area contributed by atoms with Crippen molar-refractivity contribution in [2.75, 3.05) is 26.7 Å². The molecule has 5 rings (SSSR count). The molecule has 0 bridgehead atoms. The largest absolute Gasteiger partial charge is 0.489 e. The van der Waals surface area contributed by atoms with Gasteiger partial charge in [0, 0.05) is 11.9 Å². The van der Waals surface area contributed by atoms with Gasteiger partial charge in [0.15, 0.2) is 0 Å². The number of piperidine rings is 1. The van der Waals surface area contributed by atoms with Crippen molar-refractivity contribution in [2.45, 2.75) is 109 Å². The summed E-state index contributed by atoms with van der Waals surface area (Å²) < 4.78 is 17.1. The lowest BCUT2D eigenvalue weighted by Crippen LogP contribution is -2.57. The summed E-state index contributed by atoms with van der Waals surface area (Å²) in [5, 5.41) is 7.11. The van der Waals surface area contributed by atoms with Gasteiger partial charge in [-0.15, -0.1) is 0 Å². The van der Waals surface area contributed by atoms with Crippen LogP contribution in [0.1, 0.15) is 84.1 Å². The van der Waals surface area contributed by atoms with Crippen LogP contribution in [0.4, 0.5) is 4.79 Å². The standard InChI is InChI=1S/C35H50N4O7/c1-35(2,3)30(32(41)39-20-10-15-27(39)33(42)44-4)38-34(43)46-28-21-22(28)11-6-5-7-13-25-29(45-23-16-18-36-19-17-23)24-12-8-9-14-26(24)37-31(25)40/h8-9,12,14,22-23,27-28,30,36H,5-7,10-11,13,15-21H2,1-4H3,(H,37,40)(H,38,43). The highest BCUT2D eigenvalue weighted by atomic mass is 16.6. The zero-order valence-electron chi connectivity index (χ0n) is 27.7. The topological polar surface area (TPSA) is 139 Å². The number of methoxy groups -OCH3 is 1. The van der Waals surface area contributed by atoms with Gasteiger partial charge in [0.2, 0.25) is 5.91 Å². The first-order chi connectivity index (χ1) is 22.1. The molecule has 2 saturated heterocycles. The van der Waals surface area contributed by atoms with Gasteiger partial charge in [-0.25, -0.2) is 9.59 Å². The molecule has 0 spiro atoms. The summed E-state index contributed by atoms with van der Waals surface area (Å²) in [5.41, 5.74) is 0.856. The van der Waals surface area contributed by atoms with Gasteiger partial charge in [0.05, 0.1) is 18.2 Å². The first kappa shape index (κ1) is 33.8. The van der Waals surface area contributed by atoms with Crippen LogP contribution in [-0.2, 0) is 25.5 Å². The first-order valence-electron chi connectivity index (χ1n) is 16.9. The number of unbranched alkanes of at least 4 members (excludes halogenated alkanes) is 2. The van der Waals surface area contributed by atoms with Gasteiger partial charge in [-0.3, -0.25) is 9.59 Å². The minimum Gasteiger partial charge on any atom is -0.489 e. The molecule has 1 aromatic carbocycles. The van der Waals surface area contributed by atoms with E-state index in [-0.39, 0.29) is 23.7 Å². The summed E-state index contributed by atoms with van der Waals surface area (Å²) in [5.74, 6) is 0.293. The fourth-order valence-electron chi connectivity index (χ4n) is 6.76. The van der Waals surface area contributed by atoms with Crippen molar-refractivity contribution in [3.05, 3.63) is 40.2 Å². The number of esters is 1. The number of pyridine rings is 1. The Kier molecular flexibility index (Phi) is 10.9. The maximum atomic E-state index is 13.5. The number of hydrogen-bond acceptors (Lipinski definition) is 8. The molecule has 0 radical (unpaired) electrons. The van der Waals surface area contributed by atoms with E-state index >= 15 is 0 Å². The summed E-state index contributed by atoms with van der Waals surface area (Å²) in [6, 6.07) is 6.37. The van der Waals surface area contributed by atoms with Crippen LogP contribution < -0.4 is 20.9 Å². The van der Waals surface area contributed by atoms with Gasteiger partial charge in [-0.1, -0.05) is 45.7 Å². The van der Waals surface area contributed by atoms with Crippen molar-refractivity contribution < 1.29 is 28.6 Å². The third-order valence-corrected chi connectivity index (χ3v) is 9.54. The van der Waals surface area contributed by atoms with E-state index in [9.17, 15) is 19.2 Å². The van der Waals surface area contributed by atoms with Crippen LogP contribution in [0.3, 0.4) is 0 Å². The number of fused-ring (bicyclic) bond motifs is 1. The molecular formula is C35H50N4O7. The second-order valence-corrected chi connectivity index (χ2v) is 14.1. The monoisotopic (exact) mass is 638 g/mol. The molecule has 3 N–H and O–H groups in total. The Labute approximate surface area is 271 Å². The minimum absolute atomic E-state index is 0.0816. The molecule has 1 saturated carbocycles. The quantitative estimate of drug-likeness (QED) is 0.229. The molecule has 3 aliphatic rings. The molecule has 2 aliphatic heterocycles. The van der Waals surface area contributed by atoms with Crippen LogP contribution in [0, 0.1) is 11.3 Å². The van der Waals surface area contributed by atoms with Crippen LogP contribution in [-0.4, -0.2) is 78.9 Å². The number of aromatic nitrogens is 1. The fraction of sp³-hybridized carbons (Fsp3) is 0.657. The lowest BCUT2D eigenvalue weighted by Gasteiger charge is -2.34. The van der Waals surface area contributed by atoms with Crippen molar-refractivity contribution in [1.29, 1.82) is 0 Å². The molecule has 1 aromatic heterocycles. The van der Waals surface area contributed by atoms with E-state index in [1.807, 2.05) is 45.0 Å². The number of aromatic amines is 1.